The van der Waals surface area contributed by atoms with E-state index in [1.807, 2.05) is 30.3 Å². The molecule has 0 radical (unpaired) electrons. The third kappa shape index (κ3) is 4.06. The van der Waals surface area contributed by atoms with Crippen molar-refractivity contribution in [1.29, 1.82) is 0 Å². The lowest BCUT2D eigenvalue weighted by atomic mass is 10.1. The van der Waals surface area contributed by atoms with Crippen LogP contribution in [0, 0.1) is 0 Å². The zero-order chi connectivity index (χ0) is 18.7. The first-order valence-electron chi connectivity index (χ1n) is 8.43. The molecule has 26 heavy (non-hydrogen) atoms. The Balaban J connectivity index is 1.67. The Hall–Kier alpha value is -1.14. The number of aliphatic hydroxyl groups is 5. The van der Waals surface area contributed by atoms with Crippen LogP contribution in [-0.2, 0) is 25.6 Å². The van der Waals surface area contributed by atoms with Crippen LogP contribution in [-0.4, -0.2) is 88.0 Å². The van der Waals surface area contributed by atoms with Gasteiger partial charge in [0.1, 0.15) is 36.6 Å². The molecule has 2 fully saturated rings. The van der Waals surface area contributed by atoms with Crippen molar-refractivity contribution in [3.05, 3.63) is 35.9 Å². The number of aliphatic hydroxyl groups excluding tert-OH is 5. The van der Waals surface area contributed by atoms with Crippen molar-refractivity contribution in [2.45, 2.75) is 55.8 Å². The van der Waals surface area contributed by atoms with E-state index in [9.17, 15) is 20.4 Å². The molecule has 9 nitrogen and oxygen atoms in total. The van der Waals surface area contributed by atoms with Gasteiger partial charge in [-0.05, 0) is 5.56 Å². The van der Waals surface area contributed by atoms with E-state index >= 15 is 0 Å². The minimum atomic E-state index is -1.47. The highest BCUT2D eigenvalue weighted by Crippen LogP contribution is 2.31. The fourth-order valence-corrected chi connectivity index (χ4v) is 3.08. The van der Waals surface area contributed by atoms with Gasteiger partial charge in [-0.3, -0.25) is 0 Å². The van der Waals surface area contributed by atoms with Gasteiger partial charge in [-0.15, -0.1) is 0 Å². The number of hydrogen-bond acceptors (Lipinski definition) is 9. The average molecular weight is 372 g/mol. The van der Waals surface area contributed by atoms with Gasteiger partial charge in [0.05, 0.1) is 19.8 Å². The summed E-state index contributed by atoms with van der Waals surface area (Å²) in [5.74, 6) is 0. The van der Waals surface area contributed by atoms with E-state index in [4.69, 9.17) is 24.1 Å². The van der Waals surface area contributed by atoms with E-state index in [2.05, 4.69) is 0 Å². The summed E-state index contributed by atoms with van der Waals surface area (Å²) < 4.78 is 21.8. The van der Waals surface area contributed by atoms with Crippen LogP contribution in [0.15, 0.2) is 30.3 Å². The normalized spacial score (nSPS) is 40.2. The highest BCUT2D eigenvalue weighted by Gasteiger charge is 2.50. The summed E-state index contributed by atoms with van der Waals surface area (Å²) in [5.41, 5.74) is 0.871. The molecule has 0 aliphatic carbocycles. The maximum atomic E-state index is 10.3. The predicted molar refractivity (Wildman–Crippen MR) is 85.6 cm³/mol. The molecule has 0 spiro atoms. The van der Waals surface area contributed by atoms with Crippen molar-refractivity contribution >= 4 is 0 Å². The molecule has 1 aromatic rings. The van der Waals surface area contributed by atoms with E-state index in [1.165, 1.54) is 0 Å². The molecular formula is C17H24O9. The minimum Gasteiger partial charge on any atom is -0.394 e. The van der Waals surface area contributed by atoms with Gasteiger partial charge in [0, 0.05) is 0 Å². The summed E-state index contributed by atoms with van der Waals surface area (Å²) in [6.45, 7) is -0.757. The molecule has 2 saturated heterocycles. The summed E-state index contributed by atoms with van der Waals surface area (Å²) in [4.78, 5) is 0. The molecule has 0 amide bonds. The summed E-state index contributed by atoms with van der Waals surface area (Å²) in [6.07, 6.45) is -9.08. The van der Waals surface area contributed by atoms with Crippen LogP contribution in [0.5, 0.6) is 0 Å². The van der Waals surface area contributed by atoms with Crippen molar-refractivity contribution in [3.8, 4) is 0 Å². The predicted octanol–water partition coefficient (Wildman–Crippen LogP) is -1.89. The van der Waals surface area contributed by atoms with E-state index in [-0.39, 0.29) is 6.61 Å². The molecule has 0 saturated carbocycles. The van der Waals surface area contributed by atoms with Crippen molar-refractivity contribution in [1.82, 2.24) is 0 Å². The molecule has 1 aromatic carbocycles. The molecule has 5 N–H and O–H groups in total. The summed E-state index contributed by atoms with van der Waals surface area (Å²) >= 11 is 0. The highest BCUT2D eigenvalue weighted by molar-refractivity contribution is 5.13. The lowest BCUT2D eigenvalue weighted by Gasteiger charge is -2.26. The van der Waals surface area contributed by atoms with Crippen LogP contribution in [0.4, 0.5) is 0 Å². The van der Waals surface area contributed by atoms with Gasteiger partial charge in [-0.25, -0.2) is 0 Å². The third-order valence-corrected chi connectivity index (χ3v) is 4.54. The largest absolute Gasteiger partial charge is 0.394 e. The van der Waals surface area contributed by atoms with Crippen molar-refractivity contribution in [2.75, 3.05) is 13.2 Å². The van der Waals surface area contributed by atoms with Gasteiger partial charge in [0.2, 0.25) is 0 Å². The fourth-order valence-electron chi connectivity index (χ4n) is 3.08. The van der Waals surface area contributed by atoms with Crippen LogP contribution in [0.1, 0.15) is 5.56 Å². The molecule has 0 bridgehead atoms. The van der Waals surface area contributed by atoms with Crippen LogP contribution < -0.4 is 0 Å². The lowest BCUT2D eigenvalue weighted by molar-refractivity contribution is -0.243. The topological polar surface area (TPSA) is 138 Å². The van der Waals surface area contributed by atoms with Gasteiger partial charge >= 0.3 is 0 Å². The zero-order valence-corrected chi connectivity index (χ0v) is 14.0. The van der Waals surface area contributed by atoms with E-state index in [1.54, 1.807) is 0 Å². The Kier molecular flexibility index (Phi) is 6.56. The van der Waals surface area contributed by atoms with Crippen LogP contribution in [0.2, 0.25) is 0 Å². The van der Waals surface area contributed by atoms with Gasteiger partial charge < -0.3 is 44.5 Å². The Morgan fingerprint density at radius 2 is 1.46 bits per heavy atom. The number of ether oxygens (including phenoxy) is 4. The van der Waals surface area contributed by atoms with Crippen LogP contribution in [0.3, 0.4) is 0 Å². The Labute approximate surface area is 150 Å². The Morgan fingerprint density at radius 3 is 2.08 bits per heavy atom. The lowest BCUT2D eigenvalue weighted by Crippen LogP contribution is -2.43. The third-order valence-electron chi connectivity index (χ3n) is 4.54. The van der Waals surface area contributed by atoms with Gasteiger partial charge in [0.25, 0.3) is 0 Å². The van der Waals surface area contributed by atoms with Crippen molar-refractivity contribution in [3.63, 3.8) is 0 Å². The molecule has 2 heterocycles. The maximum Gasteiger partial charge on any atom is 0.187 e. The monoisotopic (exact) mass is 372 g/mol. The van der Waals surface area contributed by atoms with E-state index in [0.29, 0.717) is 0 Å². The Morgan fingerprint density at radius 1 is 0.846 bits per heavy atom. The smallest absolute Gasteiger partial charge is 0.187 e. The molecule has 0 unspecified atom stereocenters. The number of benzene rings is 1. The molecule has 0 aromatic heterocycles. The minimum absolute atomic E-state index is 0.176. The quantitative estimate of drug-likeness (QED) is 0.372. The second-order valence-electron chi connectivity index (χ2n) is 6.32. The standard InChI is InChI=1S/C17H24O9/c18-6-10-12(20)14(16(22)24-10)26-17-15(13(21)11(7-19)25-17)23-8-9-4-2-1-3-5-9/h1-5,10-22H,6-8H2/t10-,11-,12-,13-,14+,15+,16+,17+/m1/s1. The van der Waals surface area contributed by atoms with E-state index < -0.39 is 62.4 Å². The number of hydrogen-bond donors (Lipinski definition) is 5. The first kappa shape index (κ1) is 19.6. The first-order chi connectivity index (χ1) is 12.5. The molecule has 3 rings (SSSR count). The maximum absolute atomic E-state index is 10.3. The molecule has 146 valence electrons. The first-order valence-corrected chi connectivity index (χ1v) is 8.43. The highest BCUT2D eigenvalue weighted by atomic mass is 16.7. The number of rotatable bonds is 7. The molecular weight excluding hydrogens is 348 g/mol. The average Bonchev–Trinajstić information content (AvgIpc) is 3.11. The molecule has 2 aliphatic rings. The zero-order valence-electron chi connectivity index (χ0n) is 14.0. The van der Waals surface area contributed by atoms with E-state index in [0.717, 1.165) is 5.56 Å². The van der Waals surface area contributed by atoms with Gasteiger partial charge in [-0.2, -0.15) is 0 Å². The van der Waals surface area contributed by atoms with Crippen molar-refractivity contribution < 1.29 is 44.5 Å². The molecule has 8 atom stereocenters. The molecule has 2 aliphatic heterocycles. The fraction of sp³-hybridized carbons (Fsp3) is 0.647. The van der Waals surface area contributed by atoms with Gasteiger partial charge in [-0.1, -0.05) is 30.3 Å². The van der Waals surface area contributed by atoms with Crippen LogP contribution >= 0.6 is 0 Å². The second-order valence-corrected chi connectivity index (χ2v) is 6.32. The summed E-state index contributed by atoms with van der Waals surface area (Å²) in [5, 5.41) is 48.8. The van der Waals surface area contributed by atoms with Crippen LogP contribution in [0.25, 0.3) is 0 Å². The summed E-state index contributed by atoms with van der Waals surface area (Å²) in [7, 11) is 0. The molecule has 9 heteroatoms. The van der Waals surface area contributed by atoms with Gasteiger partial charge in [0.15, 0.2) is 12.6 Å². The SMILES string of the molecule is OC[C@H]1O[C@@H](O[C@H]2[C@H](O)[C@@H](CO)O[C@@H]2O)[C@@H](OCc2ccccc2)[C@@H]1O. The van der Waals surface area contributed by atoms with Crippen molar-refractivity contribution in [2.24, 2.45) is 0 Å². The Bertz CT molecular complexity index is 556. The second kappa shape index (κ2) is 8.70. The summed E-state index contributed by atoms with van der Waals surface area (Å²) in [6, 6.07) is 9.27.